The van der Waals surface area contributed by atoms with Gasteiger partial charge < -0.3 is 4.74 Å². The van der Waals surface area contributed by atoms with E-state index in [1.807, 2.05) is 42.5 Å². The van der Waals surface area contributed by atoms with Crippen molar-refractivity contribution in [3.8, 4) is 0 Å². The molecule has 98 valence electrons. The zero-order valence-corrected chi connectivity index (χ0v) is 11.0. The number of aryl methyl sites for hydroxylation is 1. The van der Waals surface area contributed by atoms with Crippen molar-refractivity contribution in [3.63, 3.8) is 0 Å². The van der Waals surface area contributed by atoms with Crippen molar-refractivity contribution in [2.45, 2.75) is 6.92 Å². The highest BCUT2D eigenvalue weighted by Crippen LogP contribution is 2.09. The van der Waals surface area contributed by atoms with Crippen molar-refractivity contribution >= 4 is 18.1 Å². The van der Waals surface area contributed by atoms with Gasteiger partial charge in [-0.15, -0.1) is 0 Å². The molecule has 1 aromatic heterocycles. The standard InChI is InChI=1S/C15H16N2O2/c1-3-19-15(18)14-11-13(16-17(14)2)10-9-12-7-5-4-6-8-12/h4-11H,3H2,1-2H3/b10-9+. The Labute approximate surface area is 112 Å². The Hall–Kier alpha value is -2.36. The predicted octanol–water partition coefficient (Wildman–Crippen LogP) is 2.77. The van der Waals surface area contributed by atoms with Gasteiger partial charge in [-0.2, -0.15) is 5.10 Å². The summed E-state index contributed by atoms with van der Waals surface area (Å²) in [5.41, 5.74) is 2.27. The van der Waals surface area contributed by atoms with Gasteiger partial charge in [0.1, 0.15) is 5.69 Å². The summed E-state index contributed by atoms with van der Waals surface area (Å²) >= 11 is 0. The monoisotopic (exact) mass is 256 g/mol. The third-order valence-corrected chi connectivity index (χ3v) is 2.63. The maximum Gasteiger partial charge on any atom is 0.356 e. The van der Waals surface area contributed by atoms with Gasteiger partial charge in [0.15, 0.2) is 0 Å². The minimum atomic E-state index is -0.350. The molecule has 0 aliphatic heterocycles. The van der Waals surface area contributed by atoms with Crippen molar-refractivity contribution in [1.29, 1.82) is 0 Å². The molecule has 0 unspecified atom stereocenters. The quantitative estimate of drug-likeness (QED) is 0.790. The summed E-state index contributed by atoms with van der Waals surface area (Å²) in [7, 11) is 1.73. The van der Waals surface area contributed by atoms with E-state index in [2.05, 4.69) is 5.10 Å². The maximum atomic E-state index is 11.6. The second-order valence-corrected chi connectivity index (χ2v) is 4.04. The number of aromatic nitrogens is 2. The molecule has 0 bridgehead atoms. The summed E-state index contributed by atoms with van der Waals surface area (Å²) in [6.45, 7) is 2.14. The van der Waals surface area contributed by atoms with E-state index < -0.39 is 0 Å². The van der Waals surface area contributed by atoms with Crippen LogP contribution in [0.1, 0.15) is 28.7 Å². The number of rotatable bonds is 4. The molecule has 0 N–H and O–H groups in total. The van der Waals surface area contributed by atoms with E-state index in [-0.39, 0.29) is 5.97 Å². The number of hydrogen-bond acceptors (Lipinski definition) is 3. The number of carbonyl (C=O) groups is 1. The van der Waals surface area contributed by atoms with Gasteiger partial charge in [-0.1, -0.05) is 36.4 Å². The molecule has 0 fully saturated rings. The zero-order chi connectivity index (χ0) is 13.7. The third kappa shape index (κ3) is 3.31. The summed E-state index contributed by atoms with van der Waals surface area (Å²) in [5.74, 6) is -0.350. The molecule has 0 aliphatic carbocycles. The van der Waals surface area contributed by atoms with E-state index in [9.17, 15) is 4.79 Å². The van der Waals surface area contributed by atoms with Gasteiger partial charge in [0.25, 0.3) is 0 Å². The highest BCUT2D eigenvalue weighted by atomic mass is 16.5. The van der Waals surface area contributed by atoms with Crippen molar-refractivity contribution in [2.24, 2.45) is 7.05 Å². The molecule has 0 amide bonds. The molecule has 0 saturated heterocycles. The van der Waals surface area contributed by atoms with E-state index in [0.29, 0.717) is 12.3 Å². The van der Waals surface area contributed by atoms with E-state index in [4.69, 9.17) is 4.74 Å². The van der Waals surface area contributed by atoms with E-state index in [1.165, 1.54) is 4.68 Å². The van der Waals surface area contributed by atoms with Crippen molar-refractivity contribution in [3.05, 3.63) is 53.3 Å². The molecule has 1 aromatic carbocycles. The van der Waals surface area contributed by atoms with Crippen LogP contribution >= 0.6 is 0 Å². The first-order valence-electron chi connectivity index (χ1n) is 6.15. The summed E-state index contributed by atoms with van der Waals surface area (Å²) < 4.78 is 6.49. The second kappa shape index (κ2) is 6.00. The highest BCUT2D eigenvalue weighted by molar-refractivity contribution is 5.88. The molecule has 2 aromatic rings. The number of ether oxygens (including phenoxy) is 1. The third-order valence-electron chi connectivity index (χ3n) is 2.63. The fraction of sp³-hybridized carbons (Fsp3) is 0.200. The SMILES string of the molecule is CCOC(=O)c1cc(/C=C/c2ccccc2)nn1C. The average molecular weight is 256 g/mol. The Morgan fingerprint density at radius 2 is 2.05 bits per heavy atom. The van der Waals surface area contributed by atoms with Gasteiger partial charge in [0, 0.05) is 7.05 Å². The minimum absolute atomic E-state index is 0.350. The van der Waals surface area contributed by atoms with Crippen LogP contribution in [0.5, 0.6) is 0 Å². The van der Waals surface area contributed by atoms with E-state index in [1.54, 1.807) is 20.0 Å². The Morgan fingerprint density at radius 3 is 2.74 bits per heavy atom. The summed E-state index contributed by atoms with van der Waals surface area (Å²) in [6.07, 6.45) is 3.83. The number of carbonyl (C=O) groups excluding carboxylic acids is 1. The molecule has 0 radical (unpaired) electrons. The predicted molar refractivity (Wildman–Crippen MR) is 74.5 cm³/mol. The molecule has 4 nitrogen and oxygen atoms in total. The van der Waals surface area contributed by atoms with Gasteiger partial charge in [-0.05, 0) is 24.6 Å². The molecule has 19 heavy (non-hydrogen) atoms. The second-order valence-electron chi connectivity index (χ2n) is 4.04. The summed E-state index contributed by atoms with van der Waals surface area (Å²) in [6, 6.07) is 11.6. The first-order valence-corrected chi connectivity index (χ1v) is 6.15. The van der Waals surface area contributed by atoms with Crippen LogP contribution in [0, 0.1) is 0 Å². The Bertz CT molecular complexity index is 585. The van der Waals surface area contributed by atoms with Crippen LogP contribution in [0.3, 0.4) is 0 Å². The maximum absolute atomic E-state index is 11.6. The Kier molecular flexibility index (Phi) is 4.13. The van der Waals surface area contributed by atoms with E-state index in [0.717, 1.165) is 11.3 Å². The van der Waals surface area contributed by atoms with Crippen LogP contribution in [0.2, 0.25) is 0 Å². The highest BCUT2D eigenvalue weighted by Gasteiger charge is 2.12. The van der Waals surface area contributed by atoms with Gasteiger partial charge in [0.05, 0.1) is 12.3 Å². The number of esters is 1. The minimum Gasteiger partial charge on any atom is -0.461 e. The average Bonchev–Trinajstić information content (AvgIpc) is 2.79. The lowest BCUT2D eigenvalue weighted by Gasteiger charge is -1.99. The molecule has 2 rings (SSSR count). The lowest BCUT2D eigenvalue weighted by molar-refractivity contribution is 0.0513. The summed E-state index contributed by atoms with van der Waals surface area (Å²) in [4.78, 5) is 11.6. The van der Waals surface area contributed by atoms with Gasteiger partial charge in [0.2, 0.25) is 0 Å². The van der Waals surface area contributed by atoms with Crippen molar-refractivity contribution < 1.29 is 9.53 Å². The normalized spacial score (nSPS) is 10.8. The topological polar surface area (TPSA) is 44.1 Å². The van der Waals surface area contributed by atoms with Crippen LogP contribution in [0.4, 0.5) is 0 Å². The lowest BCUT2D eigenvalue weighted by Crippen LogP contribution is -2.10. The number of nitrogens with zero attached hydrogens (tertiary/aromatic N) is 2. The van der Waals surface area contributed by atoms with Crippen LogP contribution in [-0.4, -0.2) is 22.4 Å². The smallest absolute Gasteiger partial charge is 0.356 e. The number of hydrogen-bond donors (Lipinski definition) is 0. The molecule has 4 heteroatoms. The van der Waals surface area contributed by atoms with Crippen LogP contribution in [0.15, 0.2) is 36.4 Å². The van der Waals surface area contributed by atoms with Crippen molar-refractivity contribution in [1.82, 2.24) is 9.78 Å². The molecule has 1 heterocycles. The van der Waals surface area contributed by atoms with Crippen LogP contribution in [-0.2, 0) is 11.8 Å². The fourth-order valence-electron chi connectivity index (χ4n) is 1.71. The molecule has 0 atom stereocenters. The first kappa shape index (κ1) is 13.1. The Morgan fingerprint density at radius 1 is 1.32 bits per heavy atom. The van der Waals surface area contributed by atoms with Crippen LogP contribution < -0.4 is 0 Å². The Balaban J connectivity index is 2.16. The van der Waals surface area contributed by atoms with Gasteiger partial charge in [-0.25, -0.2) is 4.79 Å². The number of benzene rings is 1. The van der Waals surface area contributed by atoms with E-state index >= 15 is 0 Å². The van der Waals surface area contributed by atoms with Crippen LogP contribution in [0.25, 0.3) is 12.2 Å². The fourth-order valence-corrected chi connectivity index (χ4v) is 1.71. The molecular formula is C15H16N2O2. The molecule has 0 aliphatic rings. The van der Waals surface area contributed by atoms with Gasteiger partial charge in [-0.3, -0.25) is 4.68 Å². The largest absolute Gasteiger partial charge is 0.461 e. The van der Waals surface area contributed by atoms with Gasteiger partial charge >= 0.3 is 5.97 Å². The lowest BCUT2D eigenvalue weighted by atomic mass is 10.2. The van der Waals surface area contributed by atoms with Crippen molar-refractivity contribution in [2.75, 3.05) is 6.61 Å². The zero-order valence-electron chi connectivity index (χ0n) is 11.0. The first-order chi connectivity index (χ1) is 9.20. The molecular weight excluding hydrogens is 240 g/mol. The molecule has 0 saturated carbocycles. The summed E-state index contributed by atoms with van der Waals surface area (Å²) in [5, 5.41) is 4.26. The molecule has 0 spiro atoms.